The molecule has 4 nitrogen and oxygen atoms in total. The Balaban J connectivity index is 1.96. The van der Waals surface area contributed by atoms with Crippen LogP contribution in [-0.4, -0.2) is 17.5 Å². The summed E-state index contributed by atoms with van der Waals surface area (Å²) < 4.78 is 0. The summed E-state index contributed by atoms with van der Waals surface area (Å²) >= 11 is 0. The quantitative estimate of drug-likeness (QED) is 0.640. The molecular formula is C14H16N2O2. The summed E-state index contributed by atoms with van der Waals surface area (Å²) in [6.45, 7) is 0. The standard InChI is InChI=1S/C14H16N2O2/c17-12-14(16-13(18)15-12)8-4-7-10-5-2-1-3-6-11(10)9-14/h1,3,5-6H,2,4,7-9H2,(H2,15,16,17,18). The molecule has 1 heterocycles. The van der Waals surface area contributed by atoms with Gasteiger partial charge in [-0.2, -0.15) is 0 Å². The molecular weight excluding hydrogens is 228 g/mol. The lowest BCUT2D eigenvalue weighted by Crippen LogP contribution is -2.46. The molecule has 1 unspecified atom stereocenters. The molecule has 2 aliphatic carbocycles. The normalized spacial score (nSPS) is 30.9. The predicted molar refractivity (Wildman–Crippen MR) is 67.8 cm³/mol. The zero-order valence-electron chi connectivity index (χ0n) is 10.2. The van der Waals surface area contributed by atoms with E-state index in [1.807, 2.05) is 6.08 Å². The highest BCUT2D eigenvalue weighted by atomic mass is 16.2. The molecule has 1 saturated carbocycles. The maximum atomic E-state index is 12.0. The number of imide groups is 1. The summed E-state index contributed by atoms with van der Waals surface area (Å²) in [5, 5.41) is 5.18. The fraction of sp³-hybridized carbons (Fsp3) is 0.429. The molecule has 18 heavy (non-hydrogen) atoms. The molecule has 0 bridgehead atoms. The van der Waals surface area contributed by atoms with Crippen molar-refractivity contribution in [3.63, 3.8) is 0 Å². The monoisotopic (exact) mass is 244 g/mol. The number of hydrogen-bond acceptors (Lipinski definition) is 2. The van der Waals surface area contributed by atoms with E-state index in [-0.39, 0.29) is 11.9 Å². The van der Waals surface area contributed by atoms with Crippen molar-refractivity contribution in [2.75, 3.05) is 0 Å². The third kappa shape index (κ3) is 1.78. The SMILES string of the molecule is O=C1NC(=O)C2(CCCC3=CCC=CC=C3C2)N1. The number of allylic oxidation sites excluding steroid dienone is 5. The second-order valence-electron chi connectivity index (χ2n) is 5.11. The van der Waals surface area contributed by atoms with Gasteiger partial charge in [0, 0.05) is 6.42 Å². The Morgan fingerprint density at radius 2 is 2.11 bits per heavy atom. The topological polar surface area (TPSA) is 58.2 Å². The summed E-state index contributed by atoms with van der Waals surface area (Å²) in [5.74, 6) is -0.178. The van der Waals surface area contributed by atoms with Crippen molar-refractivity contribution >= 4 is 11.9 Å². The summed E-state index contributed by atoms with van der Waals surface area (Å²) in [7, 11) is 0. The predicted octanol–water partition coefficient (Wildman–Crippen LogP) is 1.95. The van der Waals surface area contributed by atoms with Crippen LogP contribution in [0.15, 0.2) is 35.5 Å². The van der Waals surface area contributed by atoms with Crippen molar-refractivity contribution in [3.8, 4) is 0 Å². The third-order valence-electron chi connectivity index (χ3n) is 3.90. The number of hydrogen-bond donors (Lipinski definition) is 2. The molecule has 1 saturated heterocycles. The van der Waals surface area contributed by atoms with Crippen LogP contribution in [0, 0.1) is 0 Å². The first-order valence-corrected chi connectivity index (χ1v) is 6.38. The van der Waals surface area contributed by atoms with Crippen molar-refractivity contribution in [3.05, 3.63) is 35.5 Å². The first-order chi connectivity index (χ1) is 8.70. The Bertz CT molecular complexity index is 502. The zero-order chi connectivity index (χ0) is 12.6. The van der Waals surface area contributed by atoms with E-state index in [1.165, 1.54) is 11.1 Å². The highest BCUT2D eigenvalue weighted by Crippen LogP contribution is 2.36. The third-order valence-corrected chi connectivity index (χ3v) is 3.90. The van der Waals surface area contributed by atoms with Gasteiger partial charge in [0.25, 0.3) is 5.91 Å². The number of amides is 3. The van der Waals surface area contributed by atoms with Crippen LogP contribution in [0.4, 0.5) is 4.79 Å². The van der Waals surface area contributed by atoms with E-state index < -0.39 is 5.54 Å². The van der Waals surface area contributed by atoms with Gasteiger partial charge >= 0.3 is 6.03 Å². The Morgan fingerprint density at radius 1 is 1.22 bits per heavy atom. The largest absolute Gasteiger partial charge is 0.323 e. The molecule has 1 spiro atoms. The van der Waals surface area contributed by atoms with E-state index in [2.05, 4.69) is 28.9 Å². The first kappa shape index (κ1) is 11.3. The Kier molecular flexibility index (Phi) is 2.58. The molecule has 3 aliphatic rings. The molecule has 0 aromatic rings. The van der Waals surface area contributed by atoms with Crippen molar-refractivity contribution in [2.24, 2.45) is 0 Å². The minimum absolute atomic E-state index is 0.178. The second-order valence-corrected chi connectivity index (χ2v) is 5.11. The smallest absolute Gasteiger partial charge is 0.322 e. The molecule has 1 atom stereocenters. The van der Waals surface area contributed by atoms with E-state index >= 15 is 0 Å². The highest BCUT2D eigenvalue weighted by molar-refractivity contribution is 6.07. The van der Waals surface area contributed by atoms with Gasteiger partial charge in [-0.05, 0) is 36.8 Å². The van der Waals surface area contributed by atoms with Gasteiger partial charge in [0.15, 0.2) is 0 Å². The fourth-order valence-corrected chi connectivity index (χ4v) is 2.97. The Labute approximate surface area is 106 Å². The zero-order valence-corrected chi connectivity index (χ0v) is 10.2. The van der Waals surface area contributed by atoms with Crippen LogP contribution >= 0.6 is 0 Å². The fourth-order valence-electron chi connectivity index (χ4n) is 2.97. The lowest BCUT2D eigenvalue weighted by molar-refractivity contribution is -0.124. The molecule has 0 aromatic carbocycles. The average molecular weight is 244 g/mol. The van der Waals surface area contributed by atoms with Crippen LogP contribution in [0.3, 0.4) is 0 Å². The summed E-state index contributed by atoms with van der Waals surface area (Å²) in [6.07, 6.45) is 12.6. The molecule has 3 amide bonds. The van der Waals surface area contributed by atoms with E-state index in [0.29, 0.717) is 12.8 Å². The van der Waals surface area contributed by atoms with Gasteiger partial charge in [-0.3, -0.25) is 10.1 Å². The van der Waals surface area contributed by atoms with Crippen LogP contribution in [0.5, 0.6) is 0 Å². The first-order valence-electron chi connectivity index (χ1n) is 6.38. The molecule has 0 aromatic heterocycles. The minimum Gasteiger partial charge on any atom is -0.323 e. The van der Waals surface area contributed by atoms with Crippen molar-refractivity contribution in [2.45, 2.75) is 37.6 Å². The van der Waals surface area contributed by atoms with Gasteiger partial charge in [0.2, 0.25) is 0 Å². The van der Waals surface area contributed by atoms with Gasteiger partial charge in [-0.15, -0.1) is 0 Å². The van der Waals surface area contributed by atoms with Crippen molar-refractivity contribution < 1.29 is 9.59 Å². The van der Waals surface area contributed by atoms with Gasteiger partial charge in [0.05, 0.1) is 0 Å². The molecule has 3 rings (SSSR count). The van der Waals surface area contributed by atoms with Crippen LogP contribution < -0.4 is 10.6 Å². The summed E-state index contributed by atoms with van der Waals surface area (Å²) in [5.41, 5.74) is 1.78. The van der Waals surface area contributed by atoms with Crippen molar-refractivity contribution in [1.29, 1.82) is 0 Å². The maximum absolute atomic E-state index is 12.0. The summed E-state index contributed by atoms with van der Waals surface area (Å²) in [4.78, 5) is 23.4. The molecule has 4 heteroatoms. The average Bonchev–Trinajstić information content (AvgIpc) is 2.49. The number of rotatable bonds is 0. The van der Waals surface area contributed by atoms with Gasteiger partial charge in [-0.1, -0.05) is 24.3 Å². The van der Waals surface area contributed by atoms with Crippen LogP contribution in [0.1, 0.15) is 32.1 Å². The Hall–Kier alpha value is -1.84. The number of carbonyl (C=O) groups is 2. The number of fused-ring (bicyclic) bond motifs is 1. The molecule has 2 fully saturated rings. The lowest BCUT2D eigenvalue weighted by Gasteiger charge is -2.24. The van der Waals surface area contributed by atoms with Crippen LogP contribution in [0.25, 0.3) is 0 Å². The van der Waals surface area contributed by atoms with Crippen molar-refractivity contribution in [1.82, 2.24) is 10.6 Å². The van der Waals surface area contributed by atoms with Crippen LogP contribution in [-0.2, 0) is 4.79 Å². The lowest BCUT2D eigenvalue weighted by atomic mass is 9.88. The second kappa shape index (κ2) is 4.12. The summed E-state index contributed by atoms with van der Waals surface area (Å²) in [6, 6.07) is -0.364. The number of nitrogens with one attached hydrogen (secondary N) is 2. The Morgan fingerprint density at radius 3 is 2.89 bits per heavy atom. The van der Waals surface area contributed by atoms with E-state index in [1.54, 1.807) is 0 Å². The molecule has 1 aliphatic heterocycles. The van der Waals surface area contributed by atoms with Gasteiger partial charge in [0.1, 0.15) is 5.54 Å². The van der Waals surface area contributed by atoms with Gasteiger partial charge in [-0.25, -0.2) is 4.79 Å². The maximum Gasteiger partial charge on any atom is 0.322 e. The van der Waals surface area contributed by atoms with E-state index in [4.69, 9.17) is 0 Å². The van der Waals surface area contributed by atoms with Gasteiger partial charge < -0.3 is 5.32 Å². The molecule has 94 valence electrons. The number of urea groups is 1. The molecule has 2 N–H and O–H groups in total. The van der Waals surface area contributed by atoms with E-state index in [9.17, 15) is 9.59 Å². The molecule has 0 radical (unpaired) electrons. The van der Waals surface area contributed by atoms with Crippen LogP contribution in [0.2, 0.25) is 0 Å². The number of carbonyl (C=O) groups excluding carboxylic acids is 2. The highest BCUT2D eigenvalue weighted by Gasteiger charge is 2.47. The minimum atomic E-state index is -0.726. The van der Waals surface area contributed by atoms with E-state index in [0.717, 1.165) is 19.3 Å².